The quantitative estimate of drug-likeness (QED) is 0.345. The molecule has 12 heavy (non-hydrogen) atoms. The van der Waals surface area contributed by atoms with Crippen LogP contribution in [0.5, 0.6) is 0 Å². The Morgan fingerprint density at radius 3 is 2.50 bits per heavy atom. The number of aldehydes is 1. The monoisotopic (exact) mass is 168 g/mol. The van der Waals surface area contributed by atoms with E-state index in [9.17, 15) is 4.79 Å². The van der Waals surface area contributed by atoms with Gasteiger partial charge in [-0.05, 0) is 5.57 Å². The van der Waals surface area contributed by atoms with Crippen LogP contribution in [0.1, 0.15) is 7.43 Å². The second kappa shape index (κ2) is 9.85. The summed E-state index contributed by atoms with van der Waals surface area (Å²) in [5.41, 5.74) is 0.918. The van der Waals surface area contributed by atoms with E-state index in [0.29, 0.717) is 12.9 Å². The van der Waals surface area contributed by atoms with Crippen molar-refractivity contribution in [1.82, 2.24) is 0 Å². The van der Waals surface area contributed by atoms with Crippen LogP contribution in [0.2, 0.25) is 0 Å². The lowest BCUT2D eigenvalue weighted by Gasteiger charge is -1.98. The van der Waals surface area contributed by atoms with E-state index in [0.717, 1.165) is 5.57 Å². The molecule has 0 heterocycles. The average molecular weight is 168 g/mol. The van der Waals surface area contributed by atoms with Crippen LogP contribution >= 0.6 is 0 Å². The van der Waals surface area contributed by atoms with Crippen LogP contribution < -0.4 is 0 Å². The zero-order valence-electron chi connectivity index (χ0n) is 6.45. The molecule has 0 unspecified atom stereocenters. The number of rotatable bonds is 6. The first-order valence-corrected chi connectivity index (χ1v) is 3.30. The fourth-order valence-electron chi connectivity index (χ4n) is 0.551. The Morgan fingerprint density at radius 2 is 2.08 bits per heavy atom. The maximum Gasteiger partial charge on any atom is 0.145 e. The van der Waals surface area contributed by atoms with Gasteiger partial charge in [-0.15, -0.1) is 0 Å². The van der Waals surface area contributed by atoms with Crippen molar-refractivity contribution in [2.45, 2.75) is 7.43 Å². The number of hydrogen-bond donors (Lipinski definition) is 0. The number of ether oxygens (including phenoxy) is 1. The van der Waals surface area contributed by atoms with Crippen molar-refractivity contribution in [2.24, 2.45) is 0 Å². The van der Waals surface area contributed by atoms with Gasteiger partial charge in [-0.25, -0.2) is 0 Å². The first-order chi connectivity index (χ1) is 5.35. The highest BCUT2D eigenvalue weighted by atomic mass is 16.5. The second-order valence-corrected chi connectivity index (χ2v) is 1.86. The summed E-state index contributed by atoms with van der Waals surface area (Å²) in [6, 6.07) is 0. The van der Waals surface area contributed by atoms with E-state index >= 15 is 0 Å². The van der Waals surface area contributed by atoms with Gasteiger partial charge in [-0.1, -0.05) is 38.8 Å². The summed E-state index contributed by atoms with van der Waals surface area (Å²) in [6.07, 6.45) is 5.83. The van der Waals surface area contributed by atoms with Gasteiger partial charge in [0.25, 0.3) is 0 Å². The van der Waals surface area contributed by atoms with Crippen LogP contribution in [0.15, 0.2) is 37.0 Å². The Labute approximate surface area is 74.2 Å². The third-order valence-corrected chi connectivity index (χ3v) is 1.05. The molecule has 0 aromatic heterocycles. The third-order valence-electron chi connectivity index (χ3n) is 1.05. The molecule has 68 valence electrons. The molecule has 0 fully saturated rings. The first kappa shape index (κ1) is 13.4. The minimum Gasteiger partial charge on any atom is -0.369 e. The summed E-state index contributed by atoms with van der Waals surface area (Å²) in [6.45, 7) is 7.64. The summed E-state index contributed by atoms with van der Waals surface area (Å²) < 4.78 is 4.93. The van der Waals surface area contributed by atoms with E-state index in [1.807, 2.05) is 0 Å². The summed E-state index contributed by atoms with van der Waals surface area (Å²) >= 11 is 0. The molecule has 0 radical (unpaired) electrons. The molecular formula is C10H16O2. The lowest BCUT2D eigenvalue weighted by Crippen LogP contribution is -1.98. The van der Waals surface area contributed by atoms with Gasteiger partial charge in [-0.3, -0.25) is 0 Å². The fraction of sp³-hybridized carbons (Fsp3) is 0.300. The first-order valence-electron chi connectivity index (χ1n) is 3.30. The van der Waals surface area contributed by atoms with Gasteiger partial charge in [0.15, 0.2) is 0 Å². The standard InChI is InChI=1S/C9H12O2.CH4/c1-3-5-9(4-2)8-11-7-6-10;/h3-6H,1-2,7-8H2;1H4/b9-5+;. The summed E-state index contributed by atoms with van der Waals surface area (Å²) in [4.78, 5) is 9.84. The van der Waals surface area contributed by atoms with E-state index in [1.54, 1.807) is 18.2 Å². The van der Waals surface area contributed by atoms with Gasteiger partial charge >= 0.3 is 0 Å². The van der Waals surface area contributed by atoms with Gasteiger partial charge < -0.3 is 9.53 Å². The zero-order chi connectivity index (χ0) is 8.53. The van der Waals surface area contributed by atoms with E-state index in [-0.39, 0.29) is 14.0 Å². The molecule has 0 atom stereocenters. The molecule has 0 aliphatic rings. The predicted octanol–water partition coefficient (Wildman–Crippen LogP) is 2.14. The average Bonchev–Trinajstić information content (AvgIpc) is 2.03. The zero-order valence-corrected chi connectivity index (χ0v) is 6.45. The Kier molecular flexibility index (Phi) is 11.0. The van der Waals surface area contributed by atoms with Crippen LogP contribution in [-0.4, -0.2) is 19.5 Å². The SMILES string of the molecule is C.C=C/C=C(\C=C)COCC=O. The van der Waals surface area contributed by atoms with Crippen molar-refractivity contribution in [1.29, 1.82) is 0 Å². The van der Waals surface area contributed by atoms with E-state index in [1.165, 1.54) is 0 Å². The Morgan fingerprint density at radius 1 is 1.42 bits per heavy atom. The Bertz CT molecular complexity index is 169. The smallest absolute Gasteiger partial charge is 0.145 e. The molecule has 0 aromatic carbocycles. The van der Waals surface area contributed by atoms with E-state index in [4.69, 9.17) is 4.74 Å². The normalized spacial score (nSPS) is 9.83. The van der Waals surface area contributed by atoms with Crippen molar-refractivity contribution >= 4 is 6.29 Å². The lowest BCUT2D eigenvalue weighted by molar-refractivity contribution is -0.111. The molecule has 0 amide bonds. The van der Waals surface area contributed by atoms with E-state index < -0.39 is 0 Å². The van der Waals surface area contributed by atoms with Gasteiger partial charge in [0, 0.05) is 0 Å². The molecule has 0 saturated heterocycles. The Balaban J connectivity index is 0. The van der Waals surface area contributed by atoms with Crippen molar-refractivity contribution in [3.8, 4) is 0 Å². The maximum absolute atomic E-state index is 9.84. The van der Waals surface area contributed by atoms with Crippen LogP contribution in [0.3, 0.4) is 0 Å². The molecule has 2 heteroatoms. The largest absolute Gasteiger partial charge is 0.369 e. The molecular weight excluding hydrogens is 152 g/mol. The molecule has 0 spiro atoms. The van der Waals surface area contributed by atoms with Crippen molar-refractivity contribution < 1.29 is 9.53 Å². The van der Waals surface area contributed by atoms with Crippen LogP contribution in [0.25, 0.3) is 0 Å². The van der Waals surface area contributed by atoms with Crippen LogP contribution in [-0.2, 0) is 9.53 Å². The maximum atomic E-state index is 9.84. The minimum absolute atomic E-state index is 0. The molecule has 0 aromatic rings. The molecule has 0 saturated carbocycles. The minimum atomic E-state index is 0. The van der Waals surface area contributed by atoms with Gasteiger partial charge in [0.2, 0.25) is 0 Å². The van der Waals surface area contributed by atoms with Crippen molar-refractivity contribution in [2.75, 3.05) is 13.2 Å². The molecule has 0 N–H and O–H groups in total. The predicted molar refractivity (Wildman–Crippen MR) is 52.1 cm³/mol. The van der Waals surface area contributed by atoms with Crippen LogP contribution in [0.4, 0.5) is 0 Å². The summed E-state index contributed by atoms with van der Waals surface area (Å²) in [7, 11) is 0. The van der Waals surface area contributed by atoms with Crippen molar-refractivity contribution in [3.63, 3.8) is 0 Å². The van der Waals surface area contributed by atoms with E-state index in [2.05, 4.69) is 13.2 Å². The van der Waals surface area contributed by atoms with Gasteiger partial charge in [0.1, 0.15) is 12.9 Å². The molecule has 0 bridgehead atoms. The number of carbonyl (C=O) groups excluding carboxylic acids is 1. The molecule has 0 aliphatic heterocycles. The highest BCUT2D eigenvalue weighted by Gasteiger charge is 1.88. The highest BCUT2D eigenvalue weighted by Crippen LogP contribution is 1.95. The van der Waals surface area contributed by atoms with Crippen molar-refractivity contribution in [3.05, 3.63) is 37.0 Å². The summed E-state index contributed by atoms with van der Waals surface area (Å²) in [5.74, 6) is 0. The number of allylic oxidation sites excluding steroid dienone is 2. The lowest BCUT2D eigenvalue weighted by atomic mass is 10.2. The van der Waals surface area contributed by atoms with Gasteiger partial charge in [-0.2, -0.15) is 0 Å². The van der Waals surface area contributed by atoms with Gasteiger partial charge in [0.05, 0.1) is 6.61 Å². The summed E-state index contributed by atoms with van der Waals surface area (Å²) in [5, 5.41) is 0. The third kappa shape index (κ3) is 6.96. The van der Waals surface area contributed by atoms with Crippen LogP contribution in [0, 0.1) is 0 Å². The molecule has 0 aliphatic carbocycles. The number of carbonyl (C=O) groups is 1. The molecule has 2 nitrogen and oxygen atoms in total. The fourth-order valence-corrected chi connectivity index (χ4v) is 0.551. The second-order valence-electron chi connectivity index (χ2n) is 1.86. The highest BCUT2D eigenvalue weighted by molar-refractivity contribution is 5.50. The topological polar surface area (TPSA) is 26.3 Å². The number of hydrogen-bond acceptors (Lipinski definition) is 2. The molecule has 0 rings (SSSR count). The Hall–Kier alpha value is -1.15.